The molecule has 3 rings (SSSR count). The van der Waals surface area contributed by atoms with Gasteiger partial charge in [-0.3, -0.25) is 0 Å². The molecule has 0 spiro atoms. The predicted molar refractivity (Wildman–Crippen MR) is 91.7 cm³/mol. The van der Waals surface area contributed by atoms with Gasteiger partial charge in [-0.25, -0.2) is 0 Å². The van der Waals surface area contributed by atoms with Crippen LogP contribution in [0.2, 0.25) is 0 Å². The Balaban J connectivity index is 1.80. The van der Waals surface area contributed by atoms with Crippen LogP contribution in [0.1, 0.15) is 28.3 Å². The molecule has 0 bridgehead atoms. The number of hydrogen-bond donors (Lipinski definition) is 1. The highest BCUT2D eigenvalue weighted by Gasteiger charge is 2.23. The molecule has 0 saturated heterocycles. The Morgan fingerprint density at radius 2 is 1.67 bits per heavy atom. The van der Waals surface area contributed by atoms with Crippen molar-refractivity contribution in [3.8, 4) is 12.3 Å². The first-order valence-electron chi connectivity index (χ1n) is 7.30. The van der Waals surface area contributed by atoms with E-state index in [1.807, 2.05) is 0 Å². The van der Waals surface area contributed by atoms with Gasteiger partial charge in [0.2, 0.25) is 0 Å². The highest BCUT2D eigenvalue weighted by Crippen LogP contribution is 2.34. The Labute approximate surface area is 131 Å². The number of terminal acetylenes is 1. The fourth-order valence-corrected chi connectivity index (χ4v) is 3.48. The van der Waals surface area contributed by atoms with Crippen LogP contribution >= 0.6 is 11.8 Å². The third-order valence-corrected chi connectivity index (χ3v) is 4.76. The molecular formula is C19H19NS. The van der Waals surface area contributed by atoms with E-state index in [0.717, 1.165) is 24.5 Å². The summed E-state index contributed by atoms with van der Waals surface area (Å²) in [5, 5.41) is 3.70. The number of rotatable bonds is 5. The van der Waals surface area contributed by atoms with Crippen molar-refractivity contribution in [1.29, 1.82) is 0 Å². The molecule has 0 heterocycles. The van der Waals surface area contributed by atoms with E-state index < -0.39 is 0 Å². The standard InChI is InChI=1S/C19H19NS/c1-2-12-21-13-11-20-19-17-9-5-3-7-15(17)14-16-8-4-6-10-18(16)19/h1,3-10,19-20H,11-14H2. The normalized spacial score (nSPS) is 13.3. The van der Waals surface area contributed by atoms with Gasteiger partial charge < -0.3 is 5.32 Å². The Hall–Kier alpha value is -1.69. The molecule has 0 aromatic heterocycles. The van der Waals surface area contributed by atoms with E-state index in [-0.39, 0.29) is 0 Å². The summed E-state index contributed by atoms with van der Waals surface area (Å²) in [5.41, 5.74) is 5.70. The Morgan fingerprint density at radius 1 is 1.05 bits per heavy atom. The molecule has 0 radical (unpaired) electrons. The summed E-state index contributed by atoms with van der Waals surface area (Å²) in [5.74, 6) is 4.51. The summed E-state index contributed by atoms with van der Waals surface area (Å²) in [4.78, 5) is 0. The minimum atomic E-state index is 0.303. The molecule has 2 heteroatoms. The van der Waals surface area contributed by atoms with Crippen LogP contribution in [-0.4, -0.2) is 18.1 Å². The lowest BCUT2D eigenvalue weighted by Crippen LogP contribution is -2.29. The van der Waals surface area contributed by atoms with Crippen molar-refractivity contribution in [1.82, 2.24) is 5.32 Å². The monoisotopic (exact) mass is 293 g/mol. The Kier molecular flexibility index (Phi) is 4.65. The maximum Gasteiger partial charge on any atom is 0.0582 e. The first-order valence-corrected chi connectivity index (χ1v) is 8.46. The van der Waals surface area contributed by atoms with Crippen molar-refractivity contribution in [2.45, 2.75) is 12.5 Å². The molecule has 0 aliphatic heterocycles. The average Bonchev–Trinajstić information content (AvgIpc) is 2.53. The maximum atomic E-state index is 5.29. The van der Waals surface area contributed by atoms with Crippen molar-refractivity contribution in [2.24, 2.45) is 0 Å². The van der Waals surface area contributed by atoms with Gasteiger partial charge >= 0.3 is 0 Å². The first-order chi connectivity index (χ1) is 10.4. The largest absolute Gasteiger partial charge is 0.305 e. The van der Waals surface area contributed by atoms with Crippen LogP contribution in [0.15, 0.2) is 48.5 Å². The molecule has 0 atom stereocenters. The van der Waals surface area contributed by atoms with Gasteiger partial charge in [-0.2, -0.15) is 0 Å². The molecule has 2 aromatic rings. The predicted octanol–water partition coefficient (Wildman–Crippen LogP) is 3.64. The number of fused-ring (bicyclic) bond motifs is 2. The summed E-state index contributed by atoms with van der Waals surface area (Å²) >= 11 is 1.81. The first kappa shape index (κ1) is 14.3. The fourth-order valence-electron chi connectivity index (χ4n) is 2.95. The molecule has 1 N–H and O–H groups in total. The van der Waals surface area contributed by atoms with E-state index in [1.54, 1.807) is 11.8 Å². The molecule has 2 aromatic carbocycles. The molecule has 21 heavy (non-hydrogen) atoms. The van der Waals surface area contributed by atoms with Crippen LogP contribution < -0.4 is 5.32 Å². The Morgan fingerprint density at radius 3 is 2.29 bits per heavy atom. The van der Waals surface area contributed by atoms with E-state index in [0.29, 0.717) is 6.04 Å². The molecule has 0 unspecified atom stereocenters. The van der Waals surface area contributed by atoms with Gasteiger partial charge in [0.15, 0.2) is 0 Å². The van der Waals surface area contributed by atoms with Crippen LogP contribution in [0, 0.1) is 12.3 Å². The zero-order valence-electron chi connectivity index (χ0n) is 12.0. The van der Waals surface area contributed by atoms with Gasteiger partial charge in [0.05, 0.1) is 11.8 Å². The van der Waals surface area contributed by atoms with Gasteiger partial charge in [-0.15, -0.1) is 18.2 Å². The zero-order valence-corrected chi connectivity index (χ0v) is 12.8. The summed E-state index contributed by atoms with van der Waals surface area (Å²) in [6.07, 6.45) is 6.33. The van der Waals surface area contributed by atoms with Gasteiger partial charge in [-0.05, 0) is 28.7 Å². The molecule has 1 aliphatic rings. The molecule has 106 valence electrons. The van der Waals surface area contributed by atoms with E-state index in [1.165, 1.54) is 22.3 Å². The minimum Gasteiger partial charge on any atom is -0.305 e. The van der Waals surface area contributed by atoms with E-state index in [9.17, 15) is 0 Å². The summed E-state index contributed by atoms with van der Waals surface area (Å²) < 4.78 is 0. The van der Waals surface area contributed by atoms with Crippen LogP contribution in [0.5, 0.6) is 0 Å². The topological polar surface area (TPSA) is 12.0 Å². The highest BCUT2D eigenvalue weighted by atomic mass is 32.2. The summed E-state index contributed by atoms with van der Waals surface area (Å²) in [7, 11) is 0. The number of hydrogen-bond acceptors (Lipinski definition) is 2. The van der Waals surface area contributed by atoms with E-state index in [2.05, 4.69) is 59.8 Å². The van der Waals surface area contributed by atoms with Crippen molar-refractivity contribution < 1.29 is 0 Å². The van der Waals surface area contributed by atoms with Gasteiger partial charge in [-0.1, -0.05) is 54.5 Å². The van der Waals surface area contributed by atoms with Gasteiger partial charge in [0, 0.05) is 12.3 Å². The molecular weight excluding hydrogens is 274 g/mol. The summed E-state index contributed by atoms with van der Waals surface area (Å²) in [6.45, 7) is 0.972. The van der Waals surface area contributed by atoms with Crippen LogP contribution in [0.25, 0.3) is 0 Å². The van der Waals surface area contributed by atoms with Crippen LogP contribution in [-0.2, 0) is 6.42 Å². The second-order valence-corrected chi connectivity index (χ2v) is 6.32. The lowest BCUT2D eigenvalue weighted by atomic mass is 9.82. The minimum absolute atomic E-state index is 0.303. The Bertz CT molecular complexity index is 611. The number of nitrogens with one attached hydrogen (secondary N) is 1. The summed E-state index contributed by atoms with van der Waals surface area (Å²) in [6, 6.07) is 17.8. The second-order valence-electron chi connectivity index (χ2n) is 5.22. The third kappa shape index (κ3) is 3.15. The maximum absolute atomic E-state index is 5.29. The smallest absolute Gasteiger partial charge is 0.0582 e. The van der Waals surface area contributed by atoms with E-state index >= 15 is 0 Å². The molecule has 1 aliphatic carbocycles. The molecule has 1 nitrogen and oxygen atoms in total. The third-order valence-electron chi connectivity index (χ3n) is 3.89. The fraction of sp³-hybridized carbons (Fsp3) is 0.263. The second kappa shape index (κ2) is 6.85. The molecule has 0 saturated carbocycles. The van der Waals surface area contributed by atoms with Crippen molar-refractivity contribution in [3.63, 3.8) is 0 Å². The van der Waals surface area contributed by atoms with Gasteiger partial charge in [0.1, 0.15) is 0 Å². The molecule has 0 fully saturated rings. The van der Waals surface area contributed by atoms with Crippen LogP contribution in [0.3, 0.4) is 0 Å². The van der Waals surface area contributed by atoms with Crippen LogP contribution in [0.4, 0.5) is 0 Å². The number of benzene rings is 2. The molecule has 0 amide bonds. The number of thioether (sulfide) groups is 1. The van der Waals surface area contributed by atoms with Gasteiger partial charge in [0.25, 0.3) is 0 Å². The highest BCUT2D eigenvalue weighted by molar-refractivity contribution is 7.99. The van der Waals surface area contributed by atoms with Crippen molar-refractivity contribution in [3.05, 3.63) is 70.8 Å². The lowest BCUT2D eigenvalue weighted by molar-refractivity contribution is 0.615. The average molecular weight is 293 g/mol. The van der Waals surface area contributed by atoms with Crippen molar-refractivity contribution >= 4 is 11.8 Å². The zero-order chi connectivity index (χ0) is 14.5. The quantitative estimate of drug-likeness (QED) is 0.667. The lowest BCUT2D eigenvalue weighted by Gasteiger charge is -2.29. The van der Waals surface area contributed by atoms with Crippen molar-refractivity contribution in [2.75, 3.05) is 18.1 Å². The van der Waals surface area contributed by atoms with E-state index in [4.69, 9.17) is 6.42 Å². The SMILES string of the molecule is C#CCSCCNC1c2ccccc2Cc2ccccc21.